The summed E-state index contributed by atoms with van der Waals surface area (Å²) in [5.74, 6) is 1.67. The fraction of sp³-hybridized carbons (Fsp3) is 0.417. The summed E-state index contributed by atoms with van der Waals surface area (Å²) < 4.78 is 16.0. The van der Waals surface area contributed by atoms with Gasteiger partial charge in [-0.1, -0.05) is 0 Å². The molecule has 16 heavy (non-hydrogen) atoms. The van der Waals surface area contributed by atoms with Crippen LogP contribution in [0.25, 0.3) is 8.92 Å². The molecule has 2 rings (SSSR count). The summed E-state index contributed by atoms with van der Waals surface area (Å²) in [6, 6.07) is 4.23. The molecule has 2 aromatic rings. The number of benzene rings is 1. The van der Waals surface area contributed by atoms with Crippen molar-refractivity contribution in [1.82, 2.24) is 0 Å². The first-order valence-electron chi connectivity index (χ1n) is 5.26. The van der Waals surface area contributed by atoms with Crippen LogP contribution in [-0.2, 0) is 6.54 Å². The molecule has 0 saturated carbocycles. The number of aromatic nitrogens is 1. The molecule has 1 aromatic carbocycles. The Morgan fingerprint density at radius 1 is 1.19 bits per heavy atom. The Morgan fingerprint density at radius 3 is 2.38 bits per heavy atom. The fourth-order valence-corrected chi connectivity index (χ4v) is 5.05. The van der Waals surface area contributed by atoms with Crippen LogP contribution in [0.5, 0.6) is 11.5 Å². The Bertz CT molecular complexity index is 519. The van der Waals surface area contributed by atoms with E-state index in [1.54, 1.807) is 14.2 Å². The molecular formula is C12H16NO2Te+. The van der Waals surface area contributed by atoms with Crippen LogP contribution in [0.3, 0.4) is 0 Å². The standard InChI is InChI=1S/C12H16NO2Te/c1-5-13-8(2)16-12-7-11(15-4)10(14-3)6-9(12)13/h6-7H,5H2,1-4H3/q+1. The quantitative estimate of drug-likeness (QED) is 0.628. The van der Waals surface area contributed by atoms with Crippen molar-refractivity contribution in [3.8, 4) is 11.5 Å². The molecule has 1 heterocycles. The predicted molar refractivity (Wildman–Crippen MR) is 64.6 cm³/mol. The number of rotatable bonds is 3. The molecule has 0 aliphatic rings. The number of methoxy groups -OCH3 is 2. The van der Waals surface area contributed by atoms with Crippen molar-refractivity contribution < 1.29 is 14.0 Å². The van der Waals surface area contributed by atoms with Gasteiger partial charge in [0.2, 0.25) is 0 Å². The van der Waals surface area contributed by atoms with E-state index in [2.05, 4.69) is 30.5 Å². The van der Waals surface area contributed by atoms with Crippen LogP contribution < -0.4 is 14.0 Å². The van der Waals surface area contributed by atoms with Gasteiger partial charge in [0.15, 0.2) is 0 Å². The molecule has 0 atom stereocenters. The van der Waals surface area contributed by atoms with Crippen molar-refractivity contribution in [3.63, 3.8) is 0 Å². The first-order valence-corrected chi connectivity index (χ1v) is 7.59. The minimum absolute atomic E-state index is 0.207. The zero-order valence-corrected chi connectivity index (χ0v) is 12.4. The average Bonchev–Trinajstić information content (AvgIpc) is 2.61. The summed E-state index contributed by atoms with van der Waals surface area (Å²) in [5, 5.41) is 0. The predicted octanol–water partition coefficient (Wildman–Crippen LogP) is 1.53. The van der Waals surface area contributed by atoms with Crippen LogP contribution in [0.1, 0.15) is 10.6 Å². The number of nitrogens with zero attached hydrogens (tertiary/aromatic N) is 1. The van der Waals surface area contributed by atoms with Crippen molar-refractivity contribution >= 4 is 29.3 Å². The zero-order valence-electron chi connectivity index (χ0n) is 10.0. The molecule has 0 amide bonds. The second-order valence-corrected chi connectivity index (χ2v) is 7.06. The number of ether oxygens (including phenoxy) is 2. The zero-order chi connectivity index (χ0) is 11.7. The number of hydrogen-bond acceptors (Lipinski definition) is 2. The maximum atomic E-state index is 5.34. The molecule has 4 heteroatoms. The van der Waals surface area contributed by atoms with Crippen LogP contribution in [0.2, 0.25) is 0 Å². The van der Waals surface area contributed by atoms with E-state index in [1.807, 2.05) is 0 Å². The molecule has 0 radical (unpaired) electrons. The topological polar surface area (TPSA) is 22.3 Å². The van der Waals surface area contributed by atoms with Gasteiger partial charge in [0.25, 0.3) is 0 Å². The first kappa shape index (κ1) is 11.8. The van der Waals surface area contributed by atoms with Crippen molar-refractivity contribution in [2.24, 2.45) is 0 Å². The monoisotopic (exact) mass is 336 g/mol. The van der Waals surface area contributed by atoms with Crippen LogP contribution in [-0.4, -0.2) is 34.7 Å². The van der Waals surface area contributed by atoms with Gasteiger partial charge in [-0.25, -0.2) is 0 Å². The third-order valence-corrected chi connectivity index (χ3v) is 5.74. The molecule has 3 nitrogen and oxygen atoms in total. The van der Waals surface area contributed by atoms with Gasteiger partial charge in [-0.05, 0) is 0 Å². The summed E-state index contributed by atoms with van der Waals surface area (Å²) in [5.41, 5.74) is 1.31. The van der Waals surface area contributed by atoms with E-state index in [4.69, 9.17) is 9.47 Å². The summed E-state index contributed by atoms with van der Waals surface area (Å²) in [6.07, 6.45) is 0. The summed E-state index contributed by atoms with van der Waals surface area (Å²) in [6.45, 7) is 5.44. The summed E-state index contributed by atoms with van der Waals surface area (Å²) >= 11 is -0.207. The molecule has 0 fully saturated rings. The van der Waals surface area contributed by atoms with Crippen LogP contribution >= 0.6 is 0 Å². The molecule has 0 N–H and O–H groups in total. The Labute approximate surface area is 105 Å². The summed E-state index contributed by atoms with van der Waals surface area (Å²) in [4.78, 5) is 0. The average molecular weight is 334 g/mol. The van der Waals surface area contributed by atoms with Crippen LogP contribution in [0, 0.1) is 6.92 Å². The van der Waals surface area contributed by atoms with Gasteiger partial charge < -0.3 is 0 Å². The Balaban J connectivity index is 2.73. The molecule has 1 aromatic heterocycles. The molecule has 0 bridgehead atoms. The first-order chi connectivity index (χ1) is 7.71. The van der Waals surface area contributed by atoms with Gasteiger partial charge in [-0.3, -0.25) is 0 Å². The van der Waals surface area contributed by atoms with E-state index < -0.39 is 0 Å². The van der Waals surface area contributed by atoms with Crippen LogP contribution in [0.4, 0.5) is 0 Å². The molecule has 86 valence electrons. The second kappa shape index (κ2) is 4.65. The van der Waals surface area contributed by atoms with Gasteiger partial charge in [-0.15, -0.1) is 0 Å². The molecular weight excluding hydrogens is 318 g/mol. The van der Waals surface area contributed by atoms with Gasteiger partial charge in [-0.2, -0.15) is 0 Å². The van der Waals surface area contributed by atoms with Gasteiger partial charge in [0, 0.05) is 0 Å². The molecule has 0 aliphatic carbocycles. The summed E-state index contributed by atoms with van der Waals surface area (Å²) in [7, 11) is 3.37. The van der Waals surface area contributed by atoms with E-state index in [1.165, 1.54) is 12.6 Å². The van der Waals surface area contributed by atoms with E-state index in [-0.39, 0.29) is 20.4 Å². The van der Waals surface area contributed by atoms with Gasteiger partial charge in [0.05, 0.1) is 0 Å². The second-order valence-electron chi connectivity index (χ2n) is 3.54. The Morgan fingerprint density at radius 2 is 1.81 bits per heavy atom. The molecule has 0 saturated heterocycles. The Kier molecular flexibility index (Phi) is 3.41. The number of hydrogen-bond donors (Lipinski definition) is 0. The van der Waals surface area contributed by atoms with Gasteiger partial charge in [0.1, 0.15) is 0 Å². The van der Waals surface area contributed by atoms with Crippen molar-refractivity contribution in [1.29, 1.82) is 0 Å². The molecule has 0 spiro atoms. The van der Waals surface area contributed by atoms with E-state index in [0.717, 1.165) is 18.0 Å². The Hall–Kier alpha value is -0.720. The van der Waals surface area contributed by atoms with Crippen molar-refractivity contribution in [2.75, 3.05) is 14.2 Å². The number of aryl methyl sites for hydroxylation is 2. The van der Waals surface area contributed by atoms with Crippen LogP contribution in [0.15, 0.2) is 12.1 Å². The third-order valence-electron chi connectivity index (χ3n) is 2.71. The maximum absolute atomic E-state index is 5.34. The molecule has 0 unspecified atom stereocenters. The minimum atomic E-state index is -0.207. The third kappa shape index (κ3) is 1.81. The van der Waals surface area contributed by atoms with E-state index in [0.29, 0.717) is 0 Å². The fourth-order valence-electron chi connectivity index (χ4n) is 1.92. The molecule has 0 aliphatic heterocycles. The van der Waals surface area contributed by atoms with E-state index in [9.17, 15) is 0 Å². The van der Waals surface area contributed by atoms with E-state index >= 15 is 0 Å². The van der Waals surface area contributed by atoms with Gasteiger partial charge >= 0.3 is 105 Å². The van der Waals surface area contributed by atoms with Crippen molar-refractivity contribution in [3.05, 3.63) is 15.8 Å². The number of fused-ring (bicyclic) bond motifs is 1. The normalized spacial score (nSPS) is 10.8. The SMILES string of the molecule is CC[n+]1c(C)[te]c2cc(OC)c(OC)cc21. The van der Waals surface area contributed by atoms with Crippen molar-refractivity contribution in [2.45, 2.75) is 20.4 Å².